The summed E-state index contributed by atoms with van der Waals surface area (Å²) in [5, 5.41) is 10.0. The summed E-state index contributed by atoms with van der Waals surface area (Å²) in [6, 6.07) is 8.04. The molecule has 0 saturated carbocycles. The normalized spacial score (nSPS) is 17.8. The molecular formula is C16H25NO4. The van der Waals surface area contributed by atoms with Crippen LogP contribution in [-0.4, -0.2) is 58.3 Å². The Kier molecular flexibility index (Phi) is 6.95. The van der Waals surface area contributed by atoms with Gasteiger partial charge >= 0.3 is 0 Å². The number of fused-ring (bicyclic) bond motifs is 1. The Morgan fingerprint density at radius 3 is 2.62 bits per heavy atom. The van der Waals surface area contributed by atoms with Gasteiger partial charge in [-0.05, 0) is 12.5 Å². The number of nitrogens with zero attached hydrogens (tertiary/aromatic N) is 1. The Balaban J connectivity index is 1.66. The van der Waals surface area contributed by atoms with Gasteiger partial charge in [0.15, 0.2) is 0 Å². The molecule has 1 heterocycles. The van der Waals surface area contributed by atoms with Gasteiger partial charge in [-0.25, -0.2) is 0 Å². The maximum absolute atomic E-state index is 10.0. The molecule has 1 atom stereocenters. The van der Waals surface area contributed by atoms with Gasteiger partial charge in [0.05, 0.1) is 39.1 Å². The fourth-order valence-electron chi connectivity index (χ4n) is 2.48. The molecule has 0 radical (unpaired) electrons. The monoisotopic (exact) mass is 295 g/mol. The van der Waals surface area contributed by atoms with E-state index >= 15 is 0 Å². The van der Waals surface area contributed by atoms with E-state index in [-0.39, 0.29) is 6.10 Å². The molecule has 21 heavy (non-hydrogen) atoms. The van der Waals surface area contributed by atoms with Gasteiger partial charge in [0.1, 0.15) is 0 Å². The smallest absolute Gasteiger partial charge is 0.0826 e. The summed E-state index contributed by atoms with van der Waals surface area (Å²) < 4.78 is 15.8. The molecule has 1 aliphatic rings. The second kappa shape index (κ2) is 9.00. The molecule has 0 aliphatic carbocycles. The van der Waals surface area contributed by atoms with Crippen molar-refractivity contribution in [2.24, 2.45) is 0 Å². The van der Waals surface area contributed by atoms with Gasteiger partial charge in [0, 0.05) is 31.5 Å². The number of para-hydroxylation sites is 1. The molecule has 118 valence electrons. The molecule has 2 rings (SSSR count). The molecule has 0 aromatic heterocycles. The Hall–Kier alpha value is -1.14. The van der Waals surface area contributed by atoms with Gasteiger partial charge in [-0.1, -0.05) is 18.2 Å². The average Bonchev–Trinajstić information content (AvgIpc) is 2.52. The Labute approximate surface area is 126 Å². The number of ether oxygens (including phenoxy) is 3. The molecular weight excluding hydrogens is 270 g/mol. The van der Waals surface area contributed by atoms with Crippen LogP contribution in [0, 0.1) is 0 Å². The van der Waals surface area contributed by atoms with Crippen molar-refractivity contribution in [3.05, 3.63) is 29.8 Å². The van der Waals surface area contributed by atoms with Crippen LogP contribution >= 0.6 is 0 Å². The predicted octanol–water partition coefficient (Wildman–Crippen LogP) is 1.61. The van der Waals surface area contributed by atoms with Crippen molar-refractivity contribution < 1.29 is 19.3 Å². The first kappa shape index (κ1) is 16.2. The number of rotatable bonds is 9. The zero-order valence-electron chi connectivity index (χ0n) is 12.7. The van der Waals surface area contributed by atoms with Gasteiger partial charge in [0.2, 0.25) is 0 Å². The first-order chi connectivity index (χ1) is 10.3. The van der Waals surface area contributed by atoms with Crippen LogP contribution in [0.2, 0.25) is 0 Å². The van der Waals surface area contributed by atoms with E-state index in [1.165, 1.54) is 0 Å². The lowest BCUT2D eigenvalue weighted by Crippen LogP contribution is -2.34. The largest absolute Gasteiger partial charge is 0.388 e. The van der Waals surface area contributed by atoms with E-state index < -0.39 is 0 Å². The van der Waals surface area contributed by atoms with Crippen molar-refractivity contribution in [3.63, 3.8) is 0 Å². The lowest BCUT2D eigenvalue weighted by molar-refractivity contribution is 0.0263. The van der Waals surface area contributed by atoms with Gasteiger partial charge in [-0.15, -0.1) is 0 Å². The fraction of sp³-hybridized carbons (Fsp3) is 0.625. The van der Waals surface area contributed by atoms with Crippen molar-refractivity contribution in [2.45, 2.75) is 12.5 Å². The highest BCUT2D eigenvalue weighted by Crippen LogP contribution is 2.32. The molecule has 5 heteroatoms. The van der Waals surface area contributed by atoms with Crippen molar-refractivity contribution >= 4 is 5.69 Å². The molecule has 1 unspecified atom stereocenters. The predicted molar refractivity (Wildman–Crippen MR) is 81.7 cm³/mol. The topological polar surface area (TPSA) is 51.2 Å². The van der Waals surface area contributed by atoms with Crippen LogP contribution in [0.5, 0.6) is 0 Å². The lowest BCUT2D eigenvalue weighted by Gasteiger charge is -2.33. The maximum Gasteiger partial charge on any atom is 0.0826 e. The molecule has 1 aromatic carbocycles. The number of benzene rings is 1. The van der Waals surface area contributed by atoms with E-state index in [9.17, 15) is 5.11 Å². The molecule has 0 fully saturated rings. The van der Waals surface area contributed by atoms with E-state index in [0.717, 1.165) is 30.8 Å². The SMILES string of the molecule is COCCOCCOCCN1CCC(O)c2ccccc21. The van der Waals surface area contributed by atoms with Crippen LogP contribution in [0.15, 0.2) is 24.3 Å². The molecule has 1 N–H and O–H groups in total. The lowest BCUT2D eigenvalue weighted by atomic mass is 9.99. The zero-order chi connectivity index (χ0) is 14.9. The van der Waals surface area contributed by atoms with Crippen molar-refractivity contribution in [2.75, 3.05) is 58.1 Å². The summed E-state index contributed by atoms with van der Waals surface area (Å²) >= 11 is 0. The maximum atomic E-state index is 10.0. The van der Waals surface area contributed by atoms with Gasteiger partial charge in [-0.2, -0.15) is 0 Å². The van der Waals surface area contributed by atoms with E-state index in [2.05, 4.69) is 11.0 Å². The number of hydrogen-bond donors (Lipinski definition) is 1. The minimum atomic E-state index is -0.340. The minimum Gasteiger partial charge on any atom is -0.388 e. The second-order valence-electron chi connectivity index (χ2n) is 5.07. The Bertz CT molecular complexity index is 413. The number of aliphatic hydroxyl groups is 1. The van der Waals surface area contributed by atoms with Crippen LogP contribution in [0.1, 0.15) is 18.1 Å². The summed E-state index contributed by atoms with van der Waals surface area (Å²) in [5.41, 5.74) is 2.14. The van der Waals surface area contributed by atoms with Crippen LogP contribution < -0.4 is 4.90 Å². The molecule has 5 nitrogen and oxygen atoms in total. The van der Waals surface area contributed by atoms with Crippen molar-refractivity contribution in [1.29, 1.82) is 0 Å². The number of aliphatic hydroxyl groups excluding tert-OH is 1. The minimum absolute atomic E-state index is 0.340. The van der Waals surface area contributed by atoms with E-state index in [0.29, 0.717) is 33.0 Å². The highest BCUT2D eigenvalue weighted by molar-refractivity contribution is 5.56. The third-order valence-electron chi connectivity index (χ3n) is 3.62. The van der Waals surface area contributed by atoms with Gasteiger partial charge in [0.25, 0.3) is 0 Å². The highest BCUT2D eigenvalue weighted by Gasteiger charge is 2.22. The number of methoxy groups -OCH3 is 1. The Morgan fingerprint density at radius 2 is 1.81 bits per heavy atom. The van der Waals surface area contributed by atoms with Gasteiger partial charge < -0.3 is 24.2 Å². The zero-order valence-corrected chi connectivity index (χ0v) is 12.7. The first-order valence-corrected chi connectivity index (χ1v) is 7.49. The van der Waals surface area contributed by atoms with Gasteiger partial charge in [-0.3, -0.25) is 0 Å². The van der Waals surface area contributed by atoms with Crippen LogP contribution in [0.25, 0.3) is 0 Å². The standard InChI is InChI=1S/C16H25NO4/c1-19-10-11-21-13-12-20-9-8-17-7-6-16(18)14-4-2-3-5-15(14)17/h2-5,16,18H,6-13H2,1H3. The average molecular weight is 295 g/mol. The van der Waals surface area contributed by atoms with Crippen molar-refractivity contribution in [3.8, 4) is 0 Å². The van der Waals surface area contributed by atoms with E-state index in [1.54, 1.807) is 7.11 Å². The second-order valence-corrected chi connectivity index (χ2v) is 5.07. The fourth-order valence-corrected chi connectivity index (χ4v) is 2.48. The number of hydrogen-bond acceptors (Lipinski definition) is 5. The van der Waals surface area contributed by atoms with Crippen LogP contribution in [-0.2, 0) is 14.2 Å². The third-order valence-corrected chi connectivity index (χ3v) is 3.62. The quantitative estimate of drug-likeness (QED) is 0.702. The summed E-state index contributed by atoms with van der Waals surface area (Å²) in [4.78, 5) is 2.27. The highest BCUT2D eigenvalue weighted by atomic mass is 16.5. The van der Waals surface area contributed by atoms with Crippen molar-refractivity contribution in [1.82, 2.24) is 0 Å². The summed E-state index contributed by atoms with van der Waals surface area (Å²) in [6.45, 7) is 4.79. The molecule has 1 aromatic rings. The molecule has 0 bridgehead atoms. The third kappa shape index (κ3) is 4.97. The summed E-state index contributed by atoms with van der Waals surface area (Å²) in [6.07, 6.45) is 0.435. The summed E-state index contributed by atoms with van der Waals surface area (Å²) in [5.74, 6) is 0. The molecule has 0 amide bonds. The number of anilines is 1. The summed E-state index contributed by atoms with van der Waals surface area (Å²) in [7, 11) is 1.66. The molecule has 1 aliphatic heterocycles. The van der Waals surface area contributed by atoms with Crippen LogP contribution in [0.3, 0.4) is 0 Å². The van der Waals surface area contributed by atoms with E-state index in [4.69, 9.17) is 14.2 Å². The van der Waals surface area contributed by atoms with Crippen LogP contribution in [0.4, 0.5) is 5.69 Å². The first-order valence-electron chi connectivity index (χ1n) is 7.49. The van der Waals surface area contributed by atoms with E-state index in [1.807, 2.05) is 18.2 Å². The molecule has 0 spiro atoms. The molecule has 0 saturated heterocycles. The Morgan fingerprint density at radius 1 is 1.10 bits per heavy atom.